The summed E-state index contributed by atoms with van der Waals surface area (Å²) < 4.78 is 8.70. The summed E-state index contributed by atoms with van der Waals surface area (Å²) in [7, 11) is 0. The topological polar surface area (TPSA) is 91.0 Å². The number of aromatic nitrogens is 6. The summed E-state index contributed by atoms with van der Waals surface area (Å²) in [6.07, 6.45) is 5.48. The molecule has 0 saturated heterocycles. The van der Waals surface area contributed by atoms with Gasteiger partial charge in [0.15, 0.2) is 0 Å². The Kier molecular flexibility index (Phi) is 8.22. The van der Waals surface area contributed by atoms with E-state index in [2.05, 4.69) is 51.5 Å². The molecule has 9 heteroatoms. The van der Waals surface area contributed by atoms with Crippen LogP contribution in [0.5, 0.6) is 0 Å². The lowest BCUT2D eigenvalue weighted by molar-refractivity contribution is -0.129. The average molecular weight is 488 g/mol. The number of ether oxygens (including phenoxy) is 1. The molecule has 0 radical (unpaired) electrons. The summed E-state index contributed by atoms with van der Waals surface area (Å²) in [5.41, 5.74) is 9.28. The molecule has 0 spiro atoms. The van der Waals surface area contributed by atoms with Crippen molar-refractivity contribution in [3.05, 3.63) is 82.4 Å². The molecule has 0 fully saturated rings. The molecule has 5 rings (SSSR count). The Hall–Kier alpha value is -3.85. The fourth-order valence-electron chi connectivity index (χ4n) is 4.66. The zero-order chi connectivity index (χ0) is 25.5. The molecule has 0 atom stereocenters. The van der Waals surface area contributed by atoms with Crippen LogP contribution in [0.4, 0.5) is 0 Å². The van der Waals surface area contributed by atoms with Gasteiger partial charge in [0, 0.05) is 37.3 Å². The van der Waals surface area contributed by atoms with Crippen LogP contribution < -0.4 is 0 Å². The number of carbonyl (C=O) groups is 1. The molecule has 2 aromatic carbocycles. The highest BCUT2D eigenvalue weighted by Gasteiger charge is 2.21. The van der Waals surface area contributed by atoms with Crippen molar-refractivity contribution >= 4 is 6.47 Å². The Morgan fingerprint density at radius 3 is 2.56 bits per heavy atom. The first-order chi connectivity index (χ1) is 17.6. The van der Waals surface area contributed by atoms with Gasteiger partial charge in [-0.25, -0.2) is 9.36 Å². The van der Waals surface area contributed by atoms with E-state index in [1.165, 1.54) is 22.4 Å². The molecular weight excluding hydrogens is 454 g/mol. The van der Waals surface area contributed by atoms with Gasteiger partial charge in [0.25, 0.3) is 6.47 Å². The molecule has 188 valence electrons. The SMILES string of the molecule is CC.Cc1ccc(CCN2CCc3c(cnn3-c3ccc(-n4cnnn4)cc3)C2)c(C)c1COC=O. The molecule has 1 aliphatic heterocycles. The summed E-state index contributed by atoms with van der Waals surface area (Å²) >= 11 is 0. The van der Waals surface area contributed by atoms with Crippen molar-refractivity contribution in [1.82, 2.24) is 34.9 Å². The molecule has 3 heterocycles. The molecule has 4 aromatic rings. The second-order valence-corrected chi connectivity index (χ2v) is 8.63. The number of hydrogen-bond acceptors (Lipinski definition) is 7. The minimum atomic E-state index is 0.331. The predicted octanol–water partition coefficient (Wildman–Crippen LogP) is 3.76. The first kappa shape index (κ1) is 25.2. The van der Waals surface area contributed by atoms with Gasteiger partial charge in [-0.1, -0.05) is 26.0 Å². The highest BCUT2D eigenvalue weighted by Crippen LogP contribution is 2.24. The Morgan fingerprint density at radius 1 is 1.06 bits per heavy atom. The van der Waals surface area contributed by atoms with Gasteiger partial charge in [0.1, 0.15) is 12.9 Å². The van der Waals surface area contributed by atoms with E-state index in [-0.39, 0.29) is 0 Å². The number of rotatable bonds is 8. The van der Waals surface area contributed by atoms with Crippen LogP contribution in [0.3, 0.4) is 0 Å². The smallest absolute Gasteiger partial charge is 0.293 e. The highest BCUT2D eigenvalue weighted by atomic mass is 16.5. The van der Waals surface area contributed by atoms with Gasteiger partial charge in [-0.05, 0) is 77.2 Å². The van der Waals surface area contributed by atoms with Crippen molar-refractivity contribution in [1.29, 1.82) is 0 Å². The van der Waals surface area contributed by atoms with Gasteiger partial charge >= 0.3 is 0 Å². The third kappa shape index (κ3) is 5.36. The molecule has 0 unspecified atom stereocenters. The third-order valence-corrected chi connectivity index (χ3v) is 6.66. The zero-order valence-corrected chi connectivity index (χ0v) is 21.4. The Morgan fingerprint density at radius 2 is 1.83 bits per heavy atom. The number of tetrazole rings is 1. The minimum absolute atomic E-state index is 0.331. The van der Waals surface area contributed by atoms with Gasteiger partial charge in [-0.3, -0.25) is 9.69 Å². The molecule has 0 aliphatic carbocycles. The van der Waals surface area contributed by atoms with E-state index >= 15 is 0 Å². The van der Waals surface area contributed by atoms with Gasteiger partial charge in [0.2, 0.25) is 0 Å². The van der Waals surface area contributed by atoms with E-state index < -0.39 is 0 Å². The van der Waals surface area contributed by atoms with E-state index in [0.717, 1.165) is 55.0 Å². The lowest BCUT2D eigenvalue weighted by Gasteiger charge is -2.27. The number of nitrogens with zero attached hydrogens (tertiary/aromatic N) is 7. The second kappa shape index (κ2) is 11.7. The molecule has 0 N–H and O–H groups in total. The lowest BCUT2D eigenvalue weighted by Crippen LogP contribution is -2.32. The van der Waals surface area contributed by atoms with Crippen molar-refractivity contribution in [3.63, 3.8) is 0 Å². The lowest BCUT2D eigenvalue weighted by atomic mass is 9.96. The van der Waals surface area contributed by atoms with Crippen LogP contribution in [0, 0.1) is 13.8 Å². The van der Waals surface area contributed by atoms with E-state index in [9.17, 15) is 4.79 Å². The number of aryl methyl sites for hydroxylation is 1. The van der Waals surface area contributed by atoms with Crippen LogP contribution >= 0.6 is 0 Å². The van der Waals surface area contributed by atoms with E-state index in [0.29, 0.717) is 13.1 Å². The summed E-state index contributed by atoms with van der Waals surface area (Å²) in [6, 6.07) is 12.4. The molecular formula is C27H33N7O2. The second-order valence-electron chi connectivity index (χ2n) is 8.63. The van der Waals surface area contributed by atoms with Crippen molar-refractivity contribution in [3.8, 4) is 11.4 Å². The Labute approximate surface area is 211 Å². The van der Waals surface area contributed by atoms with Crippen molar-refractivity contribution < 1.29 is 9.53 Å². The van der Waals surface area contributed by atoms with Crippen LogP contribution in [-0.2, 0) is 35.5 Å². The molecule has 1 aliphatic rings. The van der Waals surface area contributed by atoms with Crippen LogP contribution in [0.2, 0.25) is 0 Å². The van der Waals surface area contributed by atoms with Crippen molar-refractivity contribution in [2.45, 2.75) is 53.7 Å². The maximum Gasteiger partial charge on any atom is 0.293 e. The summed E-state index contributed by atoms with van der Waals surface area (Å²) in [5, 5.41) is 16.0. The number of carbonyl (C=O) groups excluding carboxylic acids is 1. The normalized spacial score (nSPS) is 13.0. The van der Waals surface area contributed by atoms with Crippen molar-refractivity contribution in [2.24, 2.45) is 0 Å². The zero-order valence-electron chi connectivity index (χ0n) is 21.4. The van der Waals surface area contributed by atoms with Crippen LogP contribution in [-0.4, -0.2) is 54.4 Å². The highest BCUT2D eigenvalue weighted by molar-refractivity contribution is 5.43. The Bertz CT molecular complexity index is 1280. The number of fused-ring (bicyclic) bond motifs is 1. The average Bonchev–Trinajstić information content (AvgIpc) is 3.60. The van der Waals surface area contributed by atoms with Gasteiger partial charge in [-0.15, -0.1) is 5.10 Å². The van der Waals surface area contributed by atoms with Gasteiger partial charge in [0.05, 0.1) is 17.6 Å². The quantitative estimate of drug-likeness (QED) is 0.350. The summed E-state index contributed by atoms with van der Waals surface area (Å²) in [4.78, 5) is 13.1. The van der Waals surface area contributed by atoms with E-state index in [1.807, 2.05) is 49.0 Å². The number of benzene rings is 2. The third-order valence-electron chi connectivity index (χ3n) is 6.66. The minimum Gasteiger partial charge on any atom is -0.463 e. The number of hydrogen-bond donors (Lipinski definition) is 0. The van der Waals surface area contributed by atoms with Crippen LogP contribution in [0.15, 0.2) is 48.9 Å². The fourth-order valence-corrected chi connectivity index (χ4v) is 4.66. The molecule has 36 heavy (non-hydrogen) atoms. The molecule has 0 saturated carbocycles. The molecule has 0 bridgehead atoms. The molecule has 0 amide bonds. The monoisotopic (exact) mass is 487 g/mol. The standard InChI is InChI=1S/C25H27N7O2.C2H6/c1-18-3-4-20(19(2)24(18)15-34-17-33)9-11-30-12-10-25-21(14-30)13-27-32(25)23-7-5-22(6-8-23)31-16-26-28-29-31;1-2/h3-8,13,16-17H,9-12,14-15H2,1-2H3;1-2H3. The largest absolute Gasteiger partial charge is 0.463 e. The van der Waals surface area contributed by atoms with Gasteiger partial charge in [-0.2, -0.15) is 5.10 Å². The van der Waals surface area contributed by atoms with Crippen LogP contribution in [0.25, 0.3) is 11.4 Å². The Balaban J connectivity index is 0.00000148. The fraction of sp³-hybridized carbons (Fsp3) is 0.370. The predicted molar refractivity (Wildman–Crippen MR) is 137 cm³/mol. The maximum absolute atomic E-state index is 10.6. The van der Waals surface area contributed by atoms with Gasteiger partial charge < -0.3 is 4.74 Å². The first-order valence-electron chi connectivity index (χ1n) is 12.4. The van der Waals surface area contributed by atoms with E-state index in [1.54, 1.807) is 11.0 Å². The summed E-state index contributed by atoms with van der Waals surface area (Å²) in [5.74, 6) is 0. The van der Waals surface area contributed by atoms with Crippen LogP contribution in [0.1, 0.15) is 47.4 Å². The van der Waals surface area contributed by atoms with E-state index in [4.69, 9.17) is 4.74 Å². The molecule has 2 aromatic heterocycles. The first-order valence-corrected chi connectivity index (χ1v) is 12.4. The summed E-state index contributed by atoms with van der Waals surface area (Å²) in [6.45, 7) is 11.9. The van der Waals surface area contributed by atoms with Crippen molar-refractivity contribution in [2.75, 3.05) is 13.1 Å². The maximum atomic E-state index is 10.6. The molecule has 9 nitrogen and oxygen atoms in total.